The van der Waals surface area contributed by atoms with E-state index in [1.165, 1.54) is 12.1 Å². The molecule has 170 valence electrons. The number of carbonyl (C=O) groups excluding carboxylic acids is 1. The van der Waals surface area contributed by atoms with Crippen LogP contribution in [-0.2, 0) is 11.2 Å². The van der Waals surface area contributed by atoms with E-state index in [0.717, 1.165) is 62.0 Å². The number of benzene rings is 2. The summed E-state index contributed by atoms with van der Waals surface area (Å²) in [5.41, 5.74) is 3.57. The van der Waals surface area contributed by atoms with Gasteiger partial charge in [0.05, 0.1) is 6.04 Å². The van der Waals surface area contributed by atoms with Crippen LogP contribution in [0, 0.1) is 5.92 Å². The third-order valence-corrected chi connectivity index (χ3v) is 6.77. The Morgan fingerprint density at radius 2 is 1.81 bits per heavy atom. The number of alkyl halides is 3. The van der Waals surface area contributed by atoms with Gasteiger partial charge >= 0.3 is 12.5 Å². The molecule has 0 radical (unpaired) electrons. The Balaban J connectivity index is 1.25. The van der Waals surface area contributed by atoms with E-state index in [4.69, 9.17) is 4.74 Å². The number of aryl methyl sites for hydroxylation is 1. The van der Waals surface area contributed by atoms with Crippen molar-refractivity contribution in [1.82, 2.24) is 10.2 Å². The summed E-state index contributed by atoms with van der Waals surface area (Å²) >= 11 is 0. The van der Waals surface area contributed by atoms with Crippen LogP contribution in [0.5, 0.6) is 5.75 Å². The lowest BCUT2D eigenvalue weighted by Gasteiger charge is -2.43. The first-order chi connectivity index (χ1) is 15.3. The maximum absolute atomic E-state index is 12.5. The number of nitrogens with zero attached hydrogens (tertiary/aromatic N) is 1. The van der Waals surface area contributed by atoms with Gasteiger partial charge in [-0.25, -0.2) is 4.79 Å². The van der Waals surface area contributed by atoms with Crippen LogP contribution in [0.25, 0.3) is 11.1 Å². The number of halogens is 3. The number of rotatable bonds is 4. The van der Waals surface area contributed by atoms with E-state index in [1.54, 1.807) is 12.1 Å². The molecule has 3 aliphatic heterocycles. The van der Waals surface area contributed by atoms with Gasteiger partial charge in [0.2, 0.25) is 0 Å². The maximum Gasteiger partial charge on any atom is 0.573 e. The van der Waals surface area contributed by atoms with Gasteiger partial charge in [-0.05, 0) is 79.1 Å². The second-order valence-corrected chi connectivity index (χ2v) is 8.81. The molecule has 1 unspecified atom stereocenters. The van der Waals surface area contributed by atoms with Crippen LogP contribution in [0.3, 0.4) is 0 Å². The van der Waals surface area contributed by atoms with Crippen LogP contribution in [0.1, 0.15) is 36.4 Å². The van der Waals surface area contributed by atoms with Crippen LogP contribution in [0.2, 0.25) is 0 Å². The van der Waals surface area contributed by atoms with Gasteiger partial charge in [-0.3, -0.25) is 4.90 Å². The smallest absolute Gasteiger partial charge is 0.445 e. The number of carbonyl (C=O) groups is 1. The molecule has 2 aromatic carbocycles. The number of alkyl carbamates (subject to hydrolysis) is 1. The summed E-state index contributed by atoms with van der Waals surface area (Å²) in [5.74, 6) is 0.215. The average molecular weight is 446 g/mol. The molecule has 3 fully saturated rings. The summed E-state index contributed by atoms with van der Waals surface area (Å²) in [4.78, 5) is 14.9. The van der Waals surface area contributed by atoms with E-state index in [2.05, 4.69) is 15.0 Å². The molecular weight excluding hydrogens is 421 g/mol. The van der Waals surface area contributed by atoms with Crippen molar-refractivity contribution in [3.05, 3.63) is 53.6 Å². The van der Waals surface area contributed by atoms with Gasteiger partial charge < -0.3 is 14.8 Å². The standard InChI is InChI=1S/C24H25F3N2O3/c25-24(26,27)32-19-3-1-2-16(13-19)17-4-6-20-18(12-17)5-7-21(20)28-23(30)31-22-14-29-10-8-15(22)9-11-29/h1-4,6,12-13,15,21-22H,5,7-11,14H2,(H,28,30)/t21?,22-/m1/s1. The monoisotopic (exact) mass is 446 g/mol. The Kier molecular flexibility index (Phi) is 5.49. The highest BCUT2D eigenvalue weighted by Gasteiger charge is 2.37. The van der Waals surface area contributed by atoms with E-state index in [-0.39, 0.29) is 24.0 Å². The number of hydrogen-bond acceptors (Lipinski definition) is 4. The zero-order valence-corrected chi connectivity index (χ0v) is 17.5. The predicted molar refractivity (Wildman–Crippen MR) is 112 cm³/mol. The molecule has 1 N–H and O–H groups in total. The number of ether oxygens (including phenoxy) is 2. The number of hydrogen-bond donors (Lipinski definition) is 1. The van der Waals surface area contributed by atoms with E-state index in [9.17, 15) is 18.0 Å². The van der Waals surface area contributed by atoms with Gasteiger partial charge in [-0.2, -0.15) is 0 Å². The van der Waals surface area contributed by atoms with Crippen LogP contribution in [0.15, 0.2) is 42.5 Å². The highest BCUT2D eigenvalue weighted by Crippen LogP contribution is 2.36. The van der Waals surface area contributed by atoms with Crippen molar-refractivity contribution in [3.63, 3.8) is 0 Å². The minimum atomic E-state index is -4.72. The van der Waals surface area contributed by atoms with Gasteiger partial charge in [0.1, 0.15) is 11.9 Å². The van der Waals surface area contributed by atoms with Gasteiger partial charge in [0.15, 0.2) is 0 Å². The van der Waals surface area contributed by atoms with E-state index in [1.807, 2.05) is 18.2 Å². The molecule has 5 nitrogen and oxygen atoms in total. The number of fused-ring (bicyclic) bond motifs is 4. The summed E-state index contributed by atoms with van der Waals surface area (Å²) in [6.45, 7) is 3.01. The molecule has 0 spiro atoms. The van der Waals surface area contributed by atoms with Crippen molar-refractivity contribution in [2.45, 2.75) is 44.2 Å². The quantitative estimate of drug-likeness (QED) is 0.713. The molecule has 6 rings (SSSR count). The molecule has 8 heteroatoms. The fourth-order valence-electron chi connectivity index (χ4n) is 5.18. The SMILES string of the molecule is O=C(NC1CCc2cc(-c3cccc(OC(F)(F)F)c3)ccc21)O[C@@H]1CN2CCC1CC2. The number of amides is 1. The minimum absolute atomic E-state index is 0.0352. The second-order valence-electron chi connectivity index (χ2n) is 8.81. The molecular formula is C24H25F3N2O3. The summed E-state index contributed by atoms with van der Waals surface area (Å²) in [6, 6.07) is 11.6. The van der Waals surface area contributed by atoms with Gasteiger partial charge in [0, 0.05) is 6.54 Å². The summed E-state index contributed by atoms with van der Waals surface area (Å²) in [7, 11) is 0. The van der Waals surface area contributed by atoms with Gasteiger partial charge in [-0.1, -0.05) is 30.3 Å². The lowest BCUT2D eigenvalue weighted by atomic mass is 9.86. The zero-order chi connectivity index (χ0) is 22.3. The molecule has 32 heavy (non-hydrogen) atoms. The topological polar surface area (TPSA) is 50.8 Å². The Hall–Kier alpha value is -2.74. The second kappa shape index (κ2) is 8.31. The molecule has 3 saturated heterocycles. The number of nitrogens with one attached hydrogen (secondary N) is 1. The Labute approximate surface area is 184 Å². The van der Waals surface area contributed by atoms with E-state index in [0.29, 0.717) is 11.5 Å². The highest BCUT2D eigenvalue weighted by atomic mass is 19.4. The first-order valence-electron chi connectivity index (χ1n) is 11.0. The third kappa shape index (κ3) is 4.55. The maximum atomic E-state index is 12.5. The van der Waals surface area contributed by atoms with E-state index >= 15 is 0 Å². The lowest BCUT2D eigenvalue weighted by molar-refractivity contribution is -0.274. The van der Waals surface area contributed by atoms with Gasteiger partial charge in [0.25, 0.3) is 0 Å². The Morgan fingerprint density at radius 3 is 2.53 bits per heavy atom. The Morgan fingerprint density at radius 1 is 1.03 bits per heavy atom. The van der Waals surface area contributed by atoms with Crippen molar-refractivity contribution in [2.75, 3.05) is 19.6 Å². The molecule has 3 heterocycles. The van der Waals surface area contributed by atoms with Crippen LogP contribution < -0.4 is 10.1 Å². The number of piperidine rings is 3. The minimum Gasteiger partial charge on any atom is -0.445 e. The van der Waals surface area contributed by atoms with Crippen molar-refractivity contribution >= 4 is 6.09 Å². The molecule has 0 saturated carbocycles. The first kappa shape index (κ1) is 21.1. The Bertz CT molecular complexity index is 1000. The van der Waals surface area contributed by atoms with Crippen LogP contribution in [0.4, 0.5) is 18.0 Å². The van der Waals surface area contributed by atoms with Crippen LogP contribution in [-0.4, -0.2) is 43.1 Å². The van der Waals surface area contributed by atoms with Crippen LogP contribution >= 0.6 is 0 Å². The molecule has 2 aromatic rings. The summed E-state index contributed by atoms with van der Waals surface area (Å²) < 4.78 is 47.4. The highest BCUT2D eigenvalue weighted by molar-refractivity contribution is 5.70. The van der Waals surface area contributed by atoms with Crippen molar-refractivity contribution < 1.29 is 27.4 Å². The normalized spacial score (nSPS) is 26.5. The van der Waals surface area contributed by atoms with Crippen molar-refractivity contribution in [3.8, 4) is 16.9 Å². The third-order valence-electron chi connectivity index (χ3n) is 6.77. The molecule has 1 aliphatic carbocycles. The van der Waals surface area contributed by atoms with Gasteiger partial charge in [-0.15, -0.1) is 13.2 Å². The summed E-state index contributed by atoms with van der Waals surface area (Å²) in [6.07, 6.45) is -1.41. The molecule has 0 aromatic heterocycles. The molecule has 2 bridgehead atoms. The molecule has 4 aliphatic rings. The lowest BCUT2D eigenvalue weighted by Crippen LogP contribution is -2.52. The fraction of sp³-hybridized carbons (Fsp3) is 0.458. The van der Waals surface area contributed by atoms with Crippen molar-refractivity contribution in [2.24, 2.45) is 5.92 Å². The van der Waals surface area contributed by atoms with Crippen molar-refractivity contribution in [1.29, 1.82) is 0 Å². The first-order valence-corrected chi connectivity index (χ1v) is 11.0. The molecule has 2 atom stereocenters. The summed E-state index contributed by atoms with van der Waals surface area (Å²) in [5, 5.41) is 3.01. The average Bonchev–Trinajstić information content (AvgIpc) is 3.15. The van der Waals surface area contributed by atoms with E-state index < -0.39 is 6.36 Å². The largest absolute Gasteiger partial charge is 0.573 e. The zero-order valence-electron chi connectivity index (χ0n) is 17.5. The fourth-order valence-corrected chi connectivity index (χ4v) is 5.18. The molecule has 1 amide bonds. The predicted octanol–water partition coefficient (Wildman–Crippen LogP) is 5.06.